The van der Waals surface area contributed by atoms with Crippen LogP contribution in [-0.4, -0.2) is 46.3 Å². The SMILES string of the molecule is CC(C)C(C(=O)O)N1CCCC1CO. The van der Waals surface area contributed by atoms with E-state index in [9.17, 15) is 4.79 Å². The number of aliphatic carboxylic acids is 1. The quantitative estimate of drug-likeness (QED) is 0.697. The van der Waals surface area contributed by atoms with E-state index in [-0.39, 0.29) is 18.6 Å². The van der Waals surface area contributed by atoms with E-state index in [0.717, 1.165) is 19.4 Å². The normalized spacial score (nSPS) is 25.6. The Morgan fingerprint density at radius 2 is 2.21 bits per heavy atom. The van der Waals surface area contributed by atoms with Crippen LogP contribution in [0.5, 0.6) is 0 Å². The first-order valence-corrected chi connectivity index (χ1v) is 5.17. The average Bonchev–Trinajstić information content (AvgIpc) is 2.51. The molecule has 1 aliphatic heterocycles. The van der Waals surface area contributed by atoms with Crippen molar-refractivity contribution >= 4 is 5.97 Å². The van der Waals surface area contributed by atoms with E-state index in [0.29, 0.717) is 0 Å². The van der Waals surface area contributed by atoms with Gasteiger partial charge in [0.2, 0.25) is 0 Å². The summed E-state index contributed by atoms with van der Waals surface area (Å²) in [6.45, 7) is 4.67. The summed E-state index contributed by atoms with van der Waals surface area (Å²) in [6.07, 6.45) is 1.90. The summed E-state index contributed by atoms with van der Waals surface area (Å²) in [6, 6.07) is -0.409. The number of hydrogen-bond donors (Lipinski definition) is 2. The Labute approximate surface area is 84.5 Å². The average molecular weight is 201 g/mol. The molecular formula is C10H19NO3. The first-order chi connectivity index (χ1) is 6.57. The highest BCUT2D eigenvalue weighted by molar-refractivity contribution is 5.73. The summed E-state index contributed by atoms with van der Waals surface area (Å²) in [5, 5.41) is 18.2. The van der Waals surface area contributed by atoms with E-state index in [1.807, 2.05) is 18.7 Å². The van der Waals surface area contributed by atoms with Crippen LogP contribution in [0.3, 0.4) is 0 Å². The van der Waals surface area contributed by atoms with Crippen molar-refractivity contribution in [3.63, 3.8) is 0 Å². The number of likely N-dealkylation sites (tertiary alicyclic amines) is 1. The van der Waals surface area contributed by atoms with Gasteiger partial charge in [0.15, 0.2) is 0 Å². The third kappa shape index (κ3) is 2.25. The third-order valence-corrected chi connectivity index (χ3v) is 2.88. The molecular weight excluding hydrogens is 182 g/mol. The predicted octanol–water partition coefficient (Wildman–Crippen LogP) is 0.552. The van der Waals surface area contributed by atoms with E-state index >= 15 is 0 Å². The summed E-state index contributed by atoms with van der Waals surface area (Å²) in [7, 11) is 0. The molecule has 1 heterocycles. The number of carboxylic acids is 1. The molecule has 2 N–H and O–H groups in total. The van der Waals surface area contributed by atoms with Crippen molar-refractivity contribution in [3.8, 4) is 0 Å². The predicted molar refractivity (Wildman–Crippen MR) is 53.1 cm³/mol. The number of rotatable bonds is 4. The first-order valence-electron chi connectivity index (χ1n) is 5.17. The minimum absolute atomic E-state index is 0.0403. The second-order valence-electron chi connectivity index (χ2n) is 4.24. The molecule has 0 amide bonds. The highest BCUT2D eigenvalue weighted by Gasteiger charge is 2.35. The maximum Gasteiger partial charge on any atom is 0.321 e. The van der Waals surface area contributed by atoms with Crippen LogP contribution in [0.1, 0.15) is 26.7 Å². The molecule has 1 fully saturated rings. The van der Waals surface area contributed by atoms with Gasteiger partial charge < -0.3 is 10.2 Å². The van der Waals surface area contributed by atoms with Crippen molar-refractivity contribution in [2.75, 3.05) is 13.2 Å². The molecule has 0 aromatic carbocycles. The lowest BCUT2D eigenvalue weighted by molar-refractivity contribution is -0.145. The zero-order valence-corrected chi connectivity index (χ0v) is 8.81. The molecule has 4 nitrogen and oxygen atoms in total. The van der Waals surface area contributed by atoms with Gasteiger partial charge in [0.25, 0.3) is 0 Å². The molecule has 0 bridgehead atoms. The Balaban J connectivity index is 2.72. The highest BCUT2D eigenvalue weighted by atomic mass is 16.4. The smallest absolute Gasteiger partial charge is 0.321 e. The summed E-state index contributed by atoms with van der Waals surface area (Å²) in [5.74, 6) is -0.694. The van der Waals surface area contributed by atoms with Crippen LogP contribution < -0.4 is 0 Å². The summed E-state index contributed by atoms with van der Waals surface area (Å²) >= 11 is 0. The Bertz CT molecular complexity index is 206. The number of carbonyl (C=O) groups is 1. The van der Waals surface area contributed by atoms with Crippen molar-refractivity contribution in [2.24, 2.45) is 5.92 Å². The molecule has 1 rings (SSSR count). The van der Waals surface area contributed by atoms with Crippen LogP contribution >= 0.6 is 0 Å². The van der Waals surface area contributed by atoms with Gasteiger partial charge in [0, 0.05) is 6.04 Å². The topological polar surface area (TPSA) is 60.8 Å². The van der Waals surface area contributed by atoms with Gasteiger partial charge in [0.1, 0.15) is 6.04 Å². The Morgan fingerprint density at radius 1 is 1.57 bits per heavy atom. The first kappa shape index (κ1) is 11.5. The Kier molecular flexibility index (Phi) is 3.89. The molecule has 0 radical (unpaired) electrons. The lowest BCUT2D eigenvalue weighted by atomic mass is 10.0. The molecule has 0 spiro atoms. The lowest BCUT2D eigenvalue weighted by Gasteiger charge is -2.31. The summed E-state index contributed by atoms with van der Waals surface area (Å²) in [4.78, 5) is 13.0. The molecule has 0 aliphatic carbocycles. The molecule has 2 unspecified atom stereocenters. The van der Waals surface area contributed by atoms with Crippen LogP contribution in [0.15, 0.2) is 0 Å². The van der Waals surface area contributed by atoms with Crippen LogP contribution in [0.2, 0.25) is 0 Å². The summed E-state index contributed by atoms with van der Waals surface area (Å²) in [5.41, 5.74) is 0. The maximum atomic E-state index is 11.1. The number of carboxylic acid groups (broad SMARTS) is 1. The van der Waals surface area contributed by atoms with E-state index in [1.165, 1.54) is 0 Å². The number of nitrogens with zero attached hydrogens (tertiary/aromatic N) is 1. The van der Waals surface area contributed by atoms with Crippen LogP contribution in [0.25, 0.3) is 0 Å². The molecule has 0 saturated carbocycles. The molecule has 1 aliphatic rings. The van der Waals surface area contributed by atoms with E-state index in [1.54, 1.807) is 0 Å². The fourth-order valence-electron chi connectivity index (χ4n) is 2.23. The molecule has 0 aromatic heterocycles. The second kappa shape index (κ2) is 4.75. The standard InChI is InChI=1S/C10H19NO3/c1-7(2)9(10(13)14)11-5-3-4-8(11)6-12/h7-9,12H,3-6H2,1-2H3,(H,13,14). The van der Waals surface area contributed by atoms with Gasteiger partial charge in [-0.3, -0.25) is 9.69 Å². The van der Waals surface area contributed by atoms with Crippen LogP contribution in [0.4, 0.5) is 0 Å². The van der Waals surface area contributed by atoms with Gasteiger partial charge in [-0.15, -0.1) is 0 Å². The Hall–Kier alpha value is -0.610. The van der Waals surface area contributed by atoms with E-state index in [4.69, 9.17) is 10.2 Å². The number of hydrogen-bond acceptors (Lipinski definition) is 3. The van der Waals surface area contributed by atoms with Gasteiger partial charge in [-0.05, 0) is 25.3 Å². The minimum Gasteiger partial charge on any atom is -0.480 e. The molecule has 1 saturated heterocycles. The van der Waals surface area contributed by atoms with Crippen molar-refractivity contribution in [1.82, 2.24) is 4.90 Å². The molecule has 82 valence electrons. The second-order valence-corrected chi connectivity index (χ2v) is 4.24. The number of aliphatic hydroxyl groups is 1. The van der Waals surface area contributed by atoms with Gasteiger partial charge in [-0.1, -0.05) is 13.8 Å². The molecule has 4 heteroatoms. The van der Waals surface area contributed by atoms with Gasteiger partial charge in [-0.25, -0.2) is 0 Å². The van der Waals surface area contributed by atoms with Gasteiger partial charge in [0.05, 0.1) is 6.61 Å². The maximum absolute atomic E-state index is 11.1. The van der Waals surface area contributed by atoms with Crippen molar-refractivity contribution in [3.05, 3.63) is 0 Å². The van der Waals surface area contributed by atoms with Crippen molar-refractivity contribution < 1.29 is 15.0 Å². The fourth-order valence-corrected chi connectivity index (χ4v) is 2.23. The highest BCUT2D eigenvalue weighted by Crippen LogP contribution is 2.23. The molecule has 14 heavy (non-hydrogen) atoms. The molecule has 0 aromatic rings. The zero-order valence-electron chi connectivity index (χ0n) is 8.81. The van der Waals surface area contributed by atoms with Gasteiger partial charge >= 0.3 is 5.97 Å². The molecule has 2 atom stereocenters. The van der Waals surface area contributed by atoms with E-state index < -0.39 is 12.0 Å². The zero-order chi connectivity index (χ0) is 10.7. The van der Waals surface area contributed by atoms with Crippen LogP contribution in [-0.2, 0) is 4.79 Å². The van der Waals surface area contributed by atoms with E-state index in [2.05, 4.69) is 0 Å². The third-order valence-electron chi connectivity index (χ3n) is 2.88. The monoisotopic (exact) mass is 201 g/mol. The van der Waals surface area contributed by atoms with Crippen LogP contribution in [0, 0.1) is 5.92 Å². The summed E-state index contributed by atoms with van der Waals surface area (Å²) < 4.78 is 0. The van der Waals surface area contributed by atoms with Crippen molar-refractivity contribution in [1.29, 1.82) is 0 Å². The Morgan fingerprint density at radius 3 is 2.64 bits per heavy atom. The van der Waals surface area contributed by atoms with Gasteiger partial charge in [-0.2, -0.15) is 0 Å². The number of aliphatic hydroxyl groups excluding tert-OH is 1. The fraction of sp³-hybridized carbons (Fsp3) is 0.900. The largest absolute Gasteiger partial charge is 0.480 e. The lowest BCUT2D eigenvalue weighted by Crippen LogP contribution is -2.48. The minimum atomic E-state index is -0.777. The van der Waals surface area contributed by atoms with Crippen molar-refractivity contribution in [2.45, 2.75) is 38.8 Å².